The molecular formula is C13H27N3O2. The highest BCUT2D eigenvalue weighted by molar-refractivity contribution is 5.74. The van der Waals surface area contributed by atoms with Gasteiger partial charge in [-0.2, -0.15) is 0 Å². The van der Waals surface area contributed by atoms with Crippen molar-refractivity contribution in [3.05, 3.63) is 0 Å². The zero-order valence-electron chi connectivity index (χ0n) is 12.1. The van der Waals surface area contributed by atoms with Gasteiger partial charge in [0.25, 0.3) is 0 Å². The first-order chi connectivity index (χ1) is 8.52. The summed E-state index contributed by atoms with van der Waals surface area (Å²) >= 11 is 0. The minimum absolute atomic E-state index is 0.0693. The first-order valence-corrected chi connectivity index (χ1v) is 6.72. The van der Waals surface area contributed by atoms with Crippen LogP contribution in [0.1, 0.15) is 19.8 Å². The maximum Gasteiger partial charge on any atom is 0.317 e. The number of nitrogens with zero attached hydrogens (tertiary/aromatic N) is 2. The summed E-state index contributed by atoms with van der Waals surface area (Å²) in [6.07, 6.45) is 1.97. The Kier molecular flexibility index (Phi) is 6.43. The smallest absolute Gasteiger partial charge is 0.317 e. The third-order valence-corrected chi connectivity index (χ3v) is 3.32. The maximum absolute atomic E-state index is 12.0. The fourth-order valence-corrected chi connectivity index (χ4v) is 2.35. The van der Waals surface area contributed by atoms with E-state index in [4.69, 9.17) is 4.74 Å². The normalized spacial score (nSPS) is 21.4. The molecule has 1 heterocycles. The van der Waals surface area contributed by atoms with Crippen LogP contribution in [0.2, 0.25) is 0 Å². The van der Waals surface area contributed by atoms with E-state index >= 15 is 0 Å². The van der Waals surface area contributed by atoms with Crippen molar-refractivity contribution in [3.63, 3.8) is 0 Å². The number of carbonyl (C=O) groups is 1. The Morgan fingerprint density at radius 2 is 2.28 bits per heavy atom. The molecule has 18 heavy (non-hydrogen) atoms. The van der Waals surface area contributed by atoms with Crippen LogP contribution in [0.3, 0.4) is 0 Å². The van der Waals surface area contributed by atoms with Gasteiger partial charge in [-0.25, -0.2) is 4.79 Å². The predicted octanol–water partition coefficient (Wildman–Crippen LogP) is 1.00. The molecular weight excluding hydrogens is 230 g/mol. The Labute approximate surface area is 110 Å². The van der Waals surface area contributed by atoms with Crippen molar-refractivity contribution >= 4 is 6.03 Å². The zero-order valence-corrected chi connectivity index (χ0v) is 12.1. The molecule has 0 aromatic heterocycles. The number of amides is 2. The predicted molar refractivity (Wildman–Crippen MR) is 72.7 cm³/mol. The number of hydrogen-bond donors (Lipinski definition) is 1. The number of methoxy groups -OCH3 is 1. The average Bonchev–Trinajstić information content (AvgIpc) is 2.73. The summed E-state index contributed by atoms with van der Waals surface area (Å²) in [7, 11) is 5.84. The summed E-state index contributed by atoms with van der Waals surface area (Å²) in [5.74, 6) is 0.611. The molecule has 1 saturated heterocycles. The second kappa shape index (κ2) is 7.59. The van der Waals surface area contributed by atoms with Gasteiger partial charge < -0.3 is 19.9 Å². The van der Waals surface area contributed by atoms with Crippen molar-refractivity contribution in [2.24, 2.45) is 5.92 Å². The van der Waals surface area contributed by atoms with Gasteiger partial charge in [0.1, 0.15) is 0 Å². The van der Waals surface area contributed by atoms with E-state index in [1.165, 1.54) is 0 Å². The van der Waals surface area contributed by atoms with Gasteiger partial charge in [0, 0.05) is 39.4 Å². The van der Waals surface area contributed by atoms with Crippen molar-refractivity contribution in [2.75, 3.05) is 47.4 Å². The molecule has 0 aliphatic carbocycles. The van der Waals surface area contributed by atoms with Crippen molar-refractivity contribution in [1.82, 2.24) is 15.1 Å². The standard InChI is InChI=1S/C13H27N3O2/c1-11(6-8-18-4)14-13(17)16-7-5-12(10-16)9-15(2)3/h11-12H,5-10H2,1-4H3,(H,14,17)/t11-,12-/m0/s1. The summed E-state index contributed by atoms with van der Waals surface area (Å²) in [4.78, 5) is 16.1. The lowest BCUT2D eigenvalue weighted by Gasteiger charge is -2.21. The van der Waals surface area contributed by atoms with Gasteiger partial charge in [0.15, 0.2) is 0 Å². The van der Waals surface area contributed by atoms with E-state index in [-0.39, 0.29) is 12.1 Å². The molecule has 1 rings (SSSR count). The molecule has 0 radical (unpaired) electrons. The van der Waals surface area contributed by atoms with Gasteiger partial charge in [-0.3, -0.25) is 0 Å². The molecule has 0 spiro atoms. The summed E-state index contributed by atoms with van der Waals surface area (Å²) in [6, 6.07) is 0.241. The number of carbonyl (C=O) groups excluding carboxylic acids is 1. The van der Waals surface area contributed by atoms with Crippen LogP contribution in [-0.2, 0) is 4.74 Å². The summed E-state index contributed by atoms with van der Waals surface area (Å²) in [5.41, 5.74) is 0. The summed E-state index contributed by atoms with van der Waals surface area (Å²) in [6.45, 7) is 5.51. The number of hydrogen-bond acceptors (Lipinski definition) is 3. The second-order valence-corrected chi connectivity index (χ2v) is 5.49. The van der Waals surface area contributed by atoms with Crippen molar-refractivity contribution in [2.45, 2.75) is 25.8 Å². The first kappa shape index (κ1) is 15.2. The third-order valence-electron chi connectivity index (χ3n) is 3.32. The molecule has 1 fully saturated rings. The molecule has 5 heteroatoms. The highest BCUT2D eigenvalue weighted by atomic mass is 16.5. The maximum atomic E-state index is 12.0. The van der Waals surface area contributed by atoms with Gasteiger partial charge in [-0.05, 0) is 39.8 Å². The Morgan fingerprint density at radius 1 is 1.56 bits per heavy atom. The van der Waals surface area contributed by atoms with Crippen LogP contribution in [0.4, 0.5) is 4.79 Å². The van der Waals surface area contributed by atoms with Gasteiger partial charge in [0.05, 0.1) is 0 Å². The lowest BCUT2D eigenvalue weighted by Crippen LogP contribution is -2.43. The van der Waals surface area contributed by atoms with Gasteiger partial charge in [-0.1, -0.05) is 0 Å². The minimum atomic E-state index is 0.0693. The quantitative estimate of drug-likeness (QED) is 0.772. The first-order valence-electron chi connectivity index (χ1n) is 6.72. The van der Waals surface area contributed by atoms with Crippen LogP contribution >= 0.6 is 0 Å². The topological polar surface area (TPSA) is 44.8 Å². The molecule has 5 nitrogen and oxygen atoms in total. The lowest BCUT2D eigenvalue weighted by atomic mass is 10.1. The molecule has 1 aliphatic heterocycles. The second-order valence-electron chi connectivity index (χ2n) is 5.49. The zero-order chi connectivity index (χ0) is 13.5. The summed E-state index contributed by atoms with van der Waals surface area (Å²) in [5, 5.41) is 3.02. The van der Waals surface area contributed by atoms with Crippen LogP contribution in [-0.4, -0.2) is 69.3 Å². The molecule has 1 N–H and O–H groups in total. The molecule has 0 aromatic rings. The van der Waals surface area contributed by atoms with E-state index < -0.39 is 0 Å². The fraction of sp³-hybridized carbons (Fsp3) is 0.923. The number of nitrogens with one attached hydrogen (secondary N) is 1. The molecule has 2 atom stereocenters. The van der Waals surface area contributed by atoms with Gasteiger partial charge in [-0.15, -0.1) is 0 Å². The van der Waals surface area contributed by atoms with Crippen molar-refractivity contribution in [3.8, 4) is 0 Å². The van der Waals surface area contributed by atoms with E-state index in [0.717, 1.165) is 32.5 Å². The van der Waals surface area contributed by atoms with Crippen LogP contribution in [0.5, 0.6) is 0 Å². The molecule has 1 aliphatic rings. The Morgan fingerprint density at radius 3 is 2.89 bits per heavy atom. The highest BCUT2D eigenvalue weighted by Crippen LogP contribution is 2.16. The highest BCUT2D eigenvalue weighted by Gasteiger charge is 2.26. The number of ether oxygens (including phenoxy) is 1. The van der Waals surface area contributed by atoms with Crippen molar-refractivity contribution in [1.29, 1.82) is 0 Å². The molecule has 0 aromatic carbocycles. The summed E-state index contributed by atoms with van der Waals surface area (Å²) < 4.78 is 5.01. The average molecular weight is 257 g/mol. The molecule has 0 unspecified atom stereocenters. The van der Waals surface area contributed by atoms with E-state index in [2.05, 4.69) is 24.3 Å². The largest absolute Gasteiger partial charge is 0.385 e. The van der Waals surface area contributed by atoms with E-state index in [1.807, 2.05) is 11.8 Å². The van der Waals surface area contributed by atoms with E-state index in [9.17, 15) is 4.79 Å². The van der Waals surface area contributed by atoms with Crippen LogP contribution in [0.25, 0.3) is 0 Å². The molecule has 2 amide bonds. The molecule has 0 bridgehead atoms. The molecule has 106 valence electrons. The number of likely N-dealkylation sites (tertiary alicyclic amines) is 1. The SMILES string of the molecule is COCC[C@H](C)NC(=O)N1CC[C@@H](CN(C)C)C1. The lowest BCUT2D eigenvalue weighted by molar-refractivity contribution is 0.177. The van der Waals surface area contributed by atoms with Gasteiger partial charge in [0.2, 0.25) is 0 Å². The Balaban J connectivity index is 2.27. The Hall–Kier alpha value is -0.810. The minimum Gasteiger partial charge on any atom is -0.385 e. The third kappa shape index (κ3) is 5.23. The van der Waals surface area contributed by atoms with Crippen LogP contribution < -0.4 is 5.32 Å². The number of rotatable bonds is 6. The monoisotopic (exact) mass is 257 g/mol. The van der Waals surface area contributed by atoms with Crippen LogP contribution in [0.15, 0.2) is 0 Å². The fourth-order valence-electron chi connectivity index (χ4n) is 2.35. The van der Waals surface area contributed by atoms with E-state index in [0.29, 0.717) is 12.5 Å². The van der Waals surface area contributed by atoms with E-state index in [1.54, 1.807) is 7.11 Å². The van der Waals surface area contributed by atoms with Crippen LogP contribution in [0, 0.1) is 5.92 Å². The number of urea groups is 1. The molecule has 0 saturated carbocycles. The van der Waals surface area contributed by atoms with Gasteiger partial charge >= 0.3 is 6.03 Å². The van der Waals surface area contributed by atoms with Crippen molar-refractivity contribution < 1.29 is 9.53 Å². The Bertz CT molecular complexity index is 259.